The Morgan fingerprint density at radius 3 is 3.00 bits per heavy atom. The number of carbonyl (C=O) groups is 1. The number of rotatable bonds is 6. The third-order valence-corrected chi connectivity index (χ3v) is 5.27. The van der Waals surface area contributed by atoms with Crippen LogP contribution < -0.4 is 5.32 Å². The van der Waals surface area contributed by atoms with E-state index in [2.05, 4.69) is 39.1 Å². The van der Waals surface area contributed by atoms with E-state index in [-0.39, 0.29) is 11.9 Å². The van der Waals surface area contributed by atoms with Crippen molar-refractivity contribution in [2.24, 2.45) is 5.92 Å². The van der Waals surface area contributed by atoms with Crippen LogP contribution in [-0.2, 0) is 11.2 Å². The number of piperidine rings is 1. The third-order valence-electron chi connectivity index (χ3n) is 5.27. The van der Waals surface area contributed by atoms with Crippen molar-refractivity contribution in [3.05, 3.63) is 23.3 Å². The molecule has 0 bridgehead atoms. The lowest BCUT2D eigenvalue weighted by atomic mass is 10.00. The van der Waals surface area contributed by atoms with Crippen molar-refractivity contribution in [1.29, 1.82) is 0 Å². The molecule has 0 aliphatic carbocycles. The Balaban J connectivity index is 1.52. The number of hydrogen-bond donors (Lipinski definition) is 1. The van der Waals surface area contributed by atoms with Crippen molar-refractivity contribution in [2.75, 3.05) is 19.6 Å². The second-order valence-corrected chi connectivity index (χ2v) is 7.71. The van der Waals surface area contributed by atoms with E-state index in [0.717, 1.165) is 42.5 Å². The van der Waals surface area contributed by atoms with Gasteiger partial charge < -0.3 is 10.2 Å². The summed E-state index contributed by atoms with van der Waals surface area (Å²) in [4.78, 5) is 23.5. The van der Waals surface area contributed by atoms with Crippen molar-refractivity contribution < 1.29 is 4.79 Å². The molecule has 3 rings (SSSR count). The molecule has 2 atom stereocenters. The molecule has 26 heavy (non-hydrogen) atoms. The molecule has 1 fully saturated rings. The first kappa shape index (κ1) is 18.8. The van der Waals surface area contributed by atoms with E-state index in [1.54, 1.807) is 4.52 Å². The quantitative estimate of drug-likeness (QED) is 0.854. The summed E-state index contributed by atoms with van der Waals surface area (Å²) in [5.41, 5.74) is 3.01. The topological polar surface area (TPSA) is 75.4 Å². The van der Waals surface area contributed by atoms with Gasteiger partial charge in [0, 0.05) is 36.9 Å². The average Bonchev–Trinajstić information content (AvgIpc) is 3.02. The highest BCUT2D eigenvalue weighted by Crippen LogP contribution is 2.16. The van der Waals surface area contributed by atoms with E-state index in [9.17, 15) is 4.79 Å². The lowest BCUT2D eigenvalue weighted by molar-refractivity contribution is -0.121. The Morgan fingerprint density at radius 1 is 1.42 bits per heavy atom. The van der Waals surface area contributed by atoms with Crippen molar-refractivity contribution in [3.8, 4) is 0 Å². The van der Waals surface area contributed by atoms with Gasteiger partial charge in [0.1, 0.15) is 6.33 Å². The van der Waals surface area contributed by atoms with Gasteiger partial charge in [0.15, 0.2) is 0 Å². The summed E-state index contributed by atoms with van der Waals surface area (Å²) in [6.07, 6.45) is 5.22. The van der Waals surface area contributed by atoms with Crippen molar-refractivity contribution in [3.63, 3.8) is 0 Å². The first-order valence-corrected chi connectivity index (χ1v) is 9.61. The normalized spacial score (nSPS) is 19.6. The highest BCUT2D eigenvalue weighted by Gasteiger charge is 2.19. The zero-order valence-corrected chi connectivity index (χ0v) is 16.3. The lowest BCUT2D eigenvalue weighted by Crippen LogP contribution is -2.45. The average molecular weight is 358 g/mol. The van der Waals surface area contributed by atoms with Crippen LogP contribution in [0.15, 0.2) is 6.33 Å². The molecule has 0 spiro atoms. The Bertz CT molecular complexity index is 771. The van der Waals surface area contributed by atoms with Gasteiger partial charge in [-0.25, -0.2) is 9.50 Å². The van der Waals surface area contributed by atoms with Gasteiger partial charge in [-0.3, -0.25) is 4.79 Å². The zero-order chi connectivity index (χ0) is 18.7. The Morgan fingerprint density at radius 2 is 2.23 bits per heavy atom. The Kier molecular flexibility index (Phi) is 5.86. The van der Waals surface area contributed by atoms with E-state index >= 15 is 0 Å². The molecular formula is C19H30N6O. The molecule has 2 aromatic heterocycles. The van der Waals surface area contributed by atoms with Crippen LogP contribution in [0.25, 0.3) is 5.78 Å². The molecule has 1 amide bonds. The van der Waals surface area contributed by atoms with Crippen molar-refractivity contribution in [1.82, 2.24) is 29.8 Å². The fourth-order valence-corrected chi connectivity index (χ4v) is 3.99. The maximum absolute atomic E-state index is 12.4. The van der Waals surface area contributed by atoms with Crippen LogP contribution >= 0.6 is 0 Å². The van der Waals surface area contributed by atoms with Crippen LogP contribution in [0.1, 0.15) is 50.1 Å². The summed E-state index contributed by atoms with van der Waals surface area (Å²) in [6.45, 7) is 11.6. The van der Waals surface area contributed by atoms with E-state index in [0.29, 0.717) is 18.6 Å². The van der Waals surface area contributed by atoms with E-state index in [4.69, 9.17) is 0 Å². The van der Waals surface area contributed by atoms with Crippen LogP contribution in [-0.4, -0.2) is 56.1 Å². The Hall–Kier alpha value is -2.02. The minimum Gasteiger partial charge on any atom is -0.352 e. The van der Waals surface area contributed by atoms with E-state index in [1.807, 2.05) is 13.8 Å². The molecule has 0 saturated carbocycles. The summed E-state index contributed by atoms with van der Waals surface area (Å²) < 4.78 is 1.74. The first-order valence-electron chi connectivity index (χ1n) is 9.61. The van der Waals surface area contributed by atoms with Crippen LogP contribution in [0.4, 0.5) is 0 Å². The van der Waals surface area contributed by atoms with E-state index < -0.39 is 0 Å². The van der Waals surface area contributed by atoms with Crippen molar-refractivity contribution >= 4 is 11.7 Å². The summed E-state index contributed by atoms with van der Waals surface area (Å²) in [7, 11) is 0. The number of carbonyl (C=O) groups excluding carboxylic acids is 1. The fourth-order valence-electron chi connectivity index (χ4n) is 3.99. The lowest BCUT2D eigenvalue weighted by Gasteiger charge is -2.32. The molecule has 1 N–H and O–H groups in total. The molecule has 7 heteroatoms. The molecule has 3 heterocycles. The summed E-state index contributed by atoms with van der Waals surface area (Å²) in [6, 6.07) is 0.172. The van der Waals surface area contributed by atoms with Gasteiger partial charge >= 0.3 is 0 Å². The number of hydrogen-bond acceptors (Lipinski definition) is 5. The minimum absolute atomic E-state index is 0.0973. The van der Waals surface area contributed by atoms with Gasteiger partial charge in [0.2, 0.25) is 5.91 Å². The second kappa shape index (κ2) is 8.12. The number of fused-ring (bicyclic) bond motifs is 1. The summed E-state index contributed by atoms with van der Waals surface area (Å²) in [5.74, 6) is 1.47. The maximum Gasteiger partial charge on any atom is 0.252 e. The molecular weight excluding hydrogens is 328 g/mol. The SMILES string of the molecule is Cc1nc2ncnn2c(C)c1CCC(=O)N[C@@H](C)CN1CCC[C@@H](C)C1. The predicted octanol–water partition coefficient (Wildman–Crippen LogP) is 1.91. The fraction of sp³-hybridized carbons (Fsp3) is 0.684. The Labute approximate surface area is 155 Å². The van der Waals surface area contributed by atoms with Gasteiger partial charge in [-0.1, -0.05) is 6.92 Å². The number of amides is 1. The molecule has 1 aliphatic rings. The highest BCUT2D eigenvalue weighted by molar-refractivity contribution is 5.76. The zero-order valence-electron chi connectivity index (χ0n) is 16.3. The van der Waals surface area contributed by atoms with Gasteiger partial charge in [0.25, 0.3) is 5.78 Å². The third kappa shape index (κ3) is 4.38. The highest BCUT2D eigenvalue weighted by atomic mass is 16.1. The number of aryl methyl sites for hydroxylation is 2. The van der Waals surface area contributed by atoms with Crippen LogP contribution in [0.2, 0.25) is 0 Å². The van der Waals surface area contributed by atoms with Crippen LogP contribution in [0, 0.1) is 19.8 Å². The van der Waals surface area contributed by atoms with Gasteiger partial charge in [0.05, 0.1) is 0 Å². The molecule has 0 unspecified atom stereocenters. The molecule has 0 aromatic carbocycles. The van der Waals surface area contributed by atoms with Gasteiger partial charge in [-0.15, -0.1) is 0 Å². The van der Waals surface area contributed by atoms with Crippen LogP contribution in [0.5, 0.6) is 0 Å². The number of nitrogens with one attached hydrogen (secondary N) is 1. The van der Waals surface area contributed by atoms with Crippen LogP contribution in [0.3, 0.4) is 0 Å². The van der Waals surface area contributed by atoms with Gasteiger partial charge in [-0.05, 0) is 58.1 Å². The number of aromatic nitrogens is 4. The van der Waals surface area contributed by atoms with Gasteiger partial charge in [-0.2, -0.15) is 10.1 Å². The smallest absolute Gasteiger partial charge is 0.252 e. The standard InChI is InChI=1S/C19H30N6O/c1-13-6-5-9-24(10-13)11-14(2)22-18(26)8-7-17-15(3)23-19-20-12-21-25(19)16(17)4/h12-14H,5-11H2,1-4H3,(H,22,26)/t13-,14+/m1/s1. The van der Waals surface area contributed by atoms with Crippen molar-refractivity contribution in [2.45, 2.75) is 59.4 Å². The molecule has 142 valence electrons. The molecule has 1 saturated heterocycles. The first-order chi connectivity index (χ1) is 12.4. The second-order valence-electron chi connectivity index (χ2n) is 7.71. The monoisotopic (exact) mass is 358 g/mol. The van der Waals surface area contributed by atoms with E-state index in [1.165, 1.54) is 19.2 Å². The number of nitrogens with zero attached hydrogens (tertiary/aromatic N) is 5. The maximum atomic E-state index is 12.4. The summed E-state index contributed by atoms with van der Waals surface area (Å²) in [5, 5.41) is 7.35. The predicted molar refractivity (Wildman–Crippen MR) is 101 cm³/mol. The molecule has 2 aromatic rings. The molecule has 1 aliphatic heterocycles. The largest absolute Gasteiger partial charge is 0.352 e. The summed E-state index contributed by atoms with van der Waals surface area (Å²) >= 11 is 0. The minimum atomic E-state index is 0.0973. The number of likely N-dealkylation sites (tertiary alicyclic amines) is 1. The molecule has 0 radical (unpaired) electrons. The molecule has 7 nitrogen and oxygen atoms in total.